The zero-order valence-electron chi connectivity index (χ0n) is 17.7. The lowest BCUT2D eigenvalue weighted by Crippen LogP contribution is -2.38. The number of carboxylic acid groups (broad SMARTS) is 1. The molecule has 4 aromatic rings. The van der Waals surface area contributed by atoms with Crippen LogP contribution in [0.15, 0.2) is 46.5 Å². The fraction of sp³-hybridized carbons (Fsp3) is 0.300. The first-order chi connectivity index (χ1) is 16.9. The van der Waals surface area contributed by atoms with Gasteiger partial charge in [-0.1, -0.05) is 42.1 Å². The fourth-order valence-corrected chi connectivity index (χ4v) is 5.74. The third-order valence-electron chi connectivity index (χ3n) is 5.75. The number of rotatable bonds is 5. The van der Waals surface area contributed by atoms with Gasteiger partial charge in [0, 0.05) is 6.20 Å². The lowest BCUT2D eigenvalue weighted by Gasteiger charge is -2.27. The first-order valence-electron chi connectivity index (χ1n) is 10.5. The average molecular weight is 519 g/mol. The number of imidazole rings is 2. The summed E-state index contributed by atoms with van der Waals surface area (Å²) in [6.45, 7) is 0.00204. The van der Waals surface area contributed by atoms with Crippen LogP contribution in [0.2, 0.25) is 0 Å². The highest BCUT2D eigenvalue weighted by Crippen LogP contribution is 2.47. The van der Waals surface area contributed by atoms with Gasteiger partial charge < -0.3 is 33.9 Å². The van der Waals surface area contributed by atoms with Crippen molar-refractivity contribution in [3.8, 4) is 11.3 Å². The number of hydrogen-bond acceptors (Lipinski definition) is 10. The van der Waals surface area contributed by atoms with E-state index in [1.165, 1.54) is 8.97 Å². The molecule has 2 aliphatic heterocycles. The Kier molecular flexibility index (Phi) is 5.60. The summed E-state index contributed by atoms with van der Waals surface area (Å²) >= 11 is 0.867. The molecule has 2 unspecified atom stereocenters. The Morgan fingerprint density at radius 1 is 1.29 bits per heavy atom. The maximum Gasteiger partial charge on any atom is 0.330 e. The minimum absolute atomic E-state index is 0.00204. The topological polar surface area (TPSA) is 173 Å². The largest absolute Gasteiger partial charge is 0.481 e. The number of aliphatic hydroxyl groups excluding tert-OH is 1. The average Bonchev–Trinajstić information content (AvgIpc) is 3.53. The molecule has 2 saturated heterocycles. The van der Waals surface area contributed by atoms with Crippen LogP contribution in [0.3, 0.4) is 0 Å². The van der Waals surface area contributed by atoms with Crippen molar-refractivity contribution < 1.29 is 33.7 Å². The number of nitrogens with zero attached hydrogens (tertiary/aromatic N) is 4. The molecule has 0 amide bonds. The van der Waals surface area contributed by atoms with Crippen LogP contribution in [0, 0.1) is 0 Å². The Hall–Kier alpha value is -2.84. The van der Waals surface area contributed by atoms with Crippen molar-refractivity contribution in [3.63, 3.8) is 0 Å². The van der Waals surface area contributed by atoms with Crippen LogP contribution in [0.1, 0.15) is 6.23 Å². The Balaban J connectivity index is 1.51. The van der Waals surface area contributed by atoms with Crippen molar-refractivity contribution in [2.24, 2.45) is 0 Å². The Bertz CT molecular complexity index is 1490. The van der Waals surface area contributed by atoms with Crippen molar-refractivity contribution in [2.45, 2.75) is 29.7 Å². The van der Waals surface area contributed by atoms with Crippen LogP contribution >= 0.6 is 20.4 Å². The predicted octanol–water partition coefficient (Wildman–Crippen LogP) is 1.11. The van der Waals surface area contributed by atoms with E-state index >= 15 is 0 Å². The number of aromatic amines is 1. The van der Waals surface area contributed by atoms with E-state index in [1.54, 1.807) is 6.20 Å². The number of carboxylic acids is 1. The minimum atomic E-state index is -2.15. The highest BCUT2D eigenvalue weighted by molar-refractivity contribution is 7.99. The molecular formula is C20H18N5O8PS. The van der Waals surface area contributed by atoms with E-state index in [-0.39, 0.29) is 34.5 Å². The normalized spacial score (nSPS) is 26.4. The molecule has 35 heavy (non-hydrogen) atoms. The molecule has 13 nitrogen and oxygen atoms in total. The van der Waals surface area contributed by atoms with E-state index < -0.39 is 44.7 Å². The highest BCUT2D eigenvalue weighted by Gasteiger charge is 2.50. The second-order valence-corrected chi connectivity index (χ2v) is 9.81. The molecule has 0 bridgehead atoms. The number of H-pyrrole nitrogens is 1. The van der Waals surface area contributed by atoms with E-state index in [1.807, 2.05) is 30.3 Å². The van der Waals surface area contributed by atoms with Crippen molar-refractivity contribution in [3.05, 3.63) is 46.9 Å². The highest BCUT2D eigenvalue weighted by atomic mass is 32.2. The number of benzene rings is 1. The van der Waals surface area contributed by atoms with Crippen LogP contribution in [0.5, 0.6) is 0 Å². The van der Waals surface area contributed by atoms with Gasteiger partial charge in [0.1, 0.15) is 18.3 Å². The summed E-state index contributed by atoms with van der Waals surface area (Å²) < 4.78 is 19.1. The van der Waals surface area contributed by atoms with E-state index in [2.05, 4.69) is 15.0 Å². The molecule has 4 N–H and O–H groups in total. The fourth-order valence-electron chi connectivity index (χ4n) is 4.20. The predicted molar refractivity (Wildman–Crippen MR) is 123 cm³/mol. The zero-order chi connectivity index (χ0) is 24.3. The lowest BCUT2D eigenvalue weighted by molar-refractivity contribution is -0.133. The molecule has 1 aromatic carbocycles. The van der Waals surface area contributed by atoms with Crippen molar-refractivity contribution in [1.82, 2.24) is 23.9 Å². The van der Waals surface area contributed by atoms with Crippen molar-refractivity contribution in [1.29, 1.82) is 0 Å². The van der Waals surface area contributed by atoms with Crippen molar-refractivity contribution >= 4 is 43.3 Å². The summed E-state index contributed by atoms with van der Waals surface area (Å²) in [6, 6.07) is 9.40. The molecule has 0 saturated carbocycles. The lowest BCUT2D eigenvalue weighted by atomic mass is 10.1. The summed E-state index contributed by atoms with van der Waals surface area (Å²) in [4.78, 5) is 46.4. The molecule has 0 aliphatic carbocycles. The smallest absolute Gasteiger partial charge is 0.330 e. The maximum atomic E-state index is 13.3. The summed E-state index contributed by atoms with van der Waals surface area (Å²) in [7, 11) is -2.15. The van der Waals surface area contributed by atoms with Gasteiger partial charge in [-0.05, 0) is 5.56 Å². The monoisotopic (exact) mass is 519 g/mol. The molecule has 0 spiro atoms. The Labute approximate surface area is 201 Å². The van der Waals surface area contributed by atoms with E-state index in [0.717, 1.165) is 17.3 Å². The van der Waals surface area contributed by atoms with Gasteiger partial charge >= 0.3 is 14.6 Å². The molecule has 15 heteroatoms. The maximum absolute atomic E-state index is 13.3. The Morgan fingerprint density at radius 2 is 2.09 bits per heavy atom. The van der Waals surface area contributed by atoms with E-state index in [0.29, 0.717) is 5.69 Å². The van der Waals surface area contributed by atoms with E-state index in [4.69, 9.17) is 13.8 Å². The summed E-state index contributed by atoms with van der Waals surface area (Å²) in [5.41, 5.74) is 1.15. The van der Waals surface area contributed by atoms with Gasteiger partial charge in [-0.2, -0.15) is 4.98 Å². The number of carbonyl (C=O) groups is 1. The van der Waals surface area contributed by atoms with Gasteiger partial charge in [0.15, 0.2) is 22.5 Å². The minimum Gasteiger partial charge on any atom is -0.481 e. The van der Waals surface area contributed by atoms with Gasteiger partial charge in [0.05, 0.1) is 18.1 Å². The number of thioether (sulfide) groups is 1. The van der Waals surface area contributed by atoms with Crippen LogP contribution < -0.4 is 5.56 Å². The first-order valence-corrected chi connectivity index (χ1v) is 12.6. The third-order valence-corrected chi connectivity index (χ3v) is 7.49. The quantitative estimate of drug-likeness (QED) is 0.220. The van der Waals surface area contributed by atoms with Crippen molar-refractivity contribution in [2.75, 3.05) is 12.4 Å². The summed E-state index contributed by atoms with van der Waals surface area (Å²) in [5.74, 6) is -1.18. The molecule has 182 valence electrons. The standard InChI is InChI=1S/C20H18N5O8PS/c26-12(27)8-35-20-22-13-16(25(20)18-14(28)15-11(32-18)7-31-34(30)33-15)23-19-21-10(6-24(19)17(13)29)9-4-2-1-3-5-9/h1-6,11,14-15,18,28,30H,7-8H2,(H,21,23)(H,26,27)/t11?,14-,15+,18+,34?/m0/s1. The molecular weight excluding hydrogens is 501 g/mol. The number of aliphatic carboxylic acids is 1. The molecule has 2 fully saturated rings. The molecule has 0 radical (unpaired) electrons. The van der Waals surface area contributed by atoms with Gasteiger partial charge in [-0.25, -0.2) is 9.38 Å². The van der Waals surface area contributed by atoms with Gasteiger partial charge in [-0.15, -0.1) is 0 Å². The molecule has 5 heterocycles. The summed E-state index contributed by atoms with van der Waals surface area (Å²) in [6.07, 6.45) is -2.30. The first kappa shape index (κ1) is 22.6. The third kappa shape index (κ3) is 3.83. The number of hydrogen-bond donors (Lipinski definition) is 4. The SMILES string of the molecule is O=C(O)CSc1nc2c(=O)n3cc(-c4ccccc4)[nH]c3nc2n1[C@@H]1OC2COP(O)O[C@H]2[C@@H]1O. The molecule has 5 atom stereocenters. The molecule has 2 aliphatic rings. The van der Waals surface area contributed by atoms with Gasteiger partial charge in [0.25, 0.3) is 5.56 Å². The van der Waals surface area contributed by atoms with Gasteiger partial charge in [-0.3, -0.25) is 14.2 Å². The van der Waals surface area contributed by atoms with Crippen LogP contribution in [0.4, 0.5) is 0 Å². The second kappa shape index (κ2) is 8.68. The van der Waals surface area contributed by atoms with E-state index in [9.17, 15) is 24.7 Å². The van der Waals surface area contributed by atoms with Crippen LogP contribution in [0.25, 0.3) is 28.2 Å². The molecule has 6 rings (SSSR count). The molecule has 3 aromatic heterocycles. The van der Waals surface area contributed by atoms with Crippen LogP contribution in [-0.2, 0) is 18.6 Å². The van der Waals surface area contributed by atoms with Gasteiger partial charge in [0.2, 0.25) is 5.78 Å². The number of fused-ring (bicyclic) bond motifs is 3. The zero-order valence-corrected chi connectivity index (χ0v) is 19.4. The number of aliphatic hydroxyl groups is 1. The number of ether oxygens (including phenoxy) is 1. The summed E-state index contributed by atoms with van der Waals surface area (Å²) in [5, 5.41) is 20.3. The van der Waals surface area contributed by atoms with Crippen LogP contribution in [-0.4, -0.2) is 75.7 Å². The Morgan fingerprint density at radius 3 is 2.86 bits per heavy atom. The number of aromatic nitrogens is 5. The number of nitrogens with one attached hydrogen (secondary N) is 1. The second-order valence-electron chi connectivity index (χ2n) is 7.92.